The van der Waals surface area contributed by atoms with Gasteiger partial charge in [0.2, 0.25) is 0 Å². The standard InChI is InChI=1S/C32H20N2O2S2/c35-27-18-24(32-34-26-16-22(12-14-30(26)38-32)20-9-5-2-6-10-20)28(36)17-23(27)31-33-25-15-21(11-13-29(25)37-31)19-7-3-1-4-8-19/h1-18,35-36H. The second kappa shape index (κ2) is 9.10. The second-order valence-corrected chi connectivity index (χ2v) is 11.1. The summed E-state index contributed by atoms with van der Waals surface area (Å²) in [6.45, 7) is 0. The minimum Gasteiger partial charge on any atom is -0.507 e. The summed E-state index contributed by atoms with van der Waals surface area (Å²) in [5.74, 6) is 0.119. The maximum atomic E-state index is 11.0. The minimum atomic E-state index is 0.0596. The third kappa shape index (κ3) is 4.00. The van der Waals surface area contributed by atoms with E-state index in [-0.39, 0.29) is 11.5 Å². The molecule has 0 unspecified atom stereocenters. The lowest BCUT2D eigenvalue weighted by atomic mass is 10.1. The molecule has 182 valence electrons. The van der Waals surface area contributed by atoms with Gasteiger partial charge in [-0.2, -0.15) is 0 Å². The summed E-state index contributed by atoms with van der Waals surface area (Å²) in [6.07, 6.45) is 0. The molecule has 0 amide bonds. The van der Waals surface area contributed by atoms with Gasteiger partial charge in [-0.15, -0.1) is 22.7 Å². The SMILES string of the molecule is Oc1cc(-c2nc3cc(-c4ccccc4)ccc3s2)c(O)cc1-c1nc2cc(-c3ccccc3)ccc2s1. The molecule has 38 heavy (non-hydrogen) atoms. The molecule has 2 aromatic heterocycles. The van der Waals surface area contributed by atoms with Crippen molar-refractivity contribution in [2.75, 3.05) is 0 Å². The first-order chi connectivity index (χ1) is 18.6. The van der Waals surface area contributed by atoms with E-state index >= 15 is 0 Å². The van der Waals surface area contributed by atoms with Crippen LogP contribution in [0.3, 0.4) is 0 Å². The summed E-state index contributed by atoms with van der Waals surface area (Å²) < 4.78 is 2.03. The van der Waals surface area contributed by atoms with Gasteiger partial charge < -0.3 is 10.2 Å². The topological polar surface area (TPSA) is 66.2 Å². The zero-order chi connectivity index (χ0) is 25.6. The first-order valence-corrected chi connectivity index (χ1v) is 13.7. The molecule has 0 aliphatic rings. The molecule has 5 aromatic carbocycles. The lowest BCUT2D eigenvalue weighted by Gasteiger charge is -2.06. The molecule has 2 N–H and O–H groups in total. The van der Waals surface area contributed by atoms with Crippen LogP contribution in [0.2, 0.25) is 0 Å². The van der Waals surface area contributed by atoms with Gasteiger partial charge in [-0.1, -0.05) is 72.8 Å². The molecule has 0 spiro atoms. The van der Waals surface area contributed by atoms with Gasteiger partial charge >= 0.3 is 0 Å². The van der Waals surface area contributed by atoms with E-state index in [4.69, 9.17) is 9.97 Å². The lowest BCUT2D eigenvalue weighted by Crippen LogP contribution is -1.83. The Balaban J connectivity index is 1.25. The molecule has 0 atom stereocenters. The van der Waals surface area contributed by atoms with Gasteiger partial charge in [-0.3, -0.25) is 0 Å². The number of hydrogen-bond acceptors (Lipinski definition) is 6. The van der Waals surface area contributed by atoms with Gasteiger partial charge in [0, 0.05) is 0 Å². The van der Waals surface area contributed by atoms with E-state index in [1.165, 1.54) is 22.7 Å². The molecule has 7 aromatic rings. The number of aromatic hydroxyl groups is 2. The van der Waals surface area contributed by atoms with Gasteiger partial charge in [-0.05, 0) is 58.7 Å². The van der Waals surface area contributed by atoms with E-state index in [0.29, 0.717) is 21.1 Å². The minimum absolute atomic E-state index is 0.0596. The number of fused-ring (bicyclic) bond motifs is 2. The van der Waals surface area contributed by atoms with Crippen molar-refractivity contribution in [1.29, 1.82) is 0 Å². The fourth-order valence-electron chi connectivity index (χ4n) is 4.63. The van der Waals surface area contributed by atoms with Crippen molar-refractivity contribution in [3.8, 4) is 54.9 Å². The monoisotopic (exact) mass is 528 g/mol. The number of hydrogen-bond donors (Lipinski definition) is 2. The number of phenolic OH excluding ortho intramolecular Hbond substituents is 2. The molecule has 4 nitrogen and oxygen atoms in total. The molecular weight excluding hydrogens is 508 g/mol. The zero-order valence-electron chi connectivity index (χ0n) is 20.0. The molecular formula is C32H20N2O2S2. The molecule has 0 aliphatic heterocycles. The molecule has 0 saturated heterocycles. The van der Waals surface area contributed by atoms with Crippen molar-refractivity contribution in [1.82, 2.24) is 9.97 Å². The summed E-state index contributed by atoms with van der Waals surface area (Å²) in [7, 11) is 0. The predicted molar refractivity (Wildman–Crippen MR) is 158 cm³/mol. The summed E-state index contributed by atoms with van der Waals surface area (Å²) in [6, 6.07) is 35.9. The van der Waals surface area contributed by atoms with Gasteiger partial charge in [0.25, 0.3) is 0 Å². The van der Waals surface area contributed by atoms with Crippen molar-refractivity contribution in [2.24, 2.45) is 0 Å². The van der Waals surface area contributed by atoms with Gasteiger partial charge in [0.15, 0.2) is 0 Å². The molecule has 0 aliphatic carbocycles. The largest absolute Gasteiger partial charge is 0.507 e. The van der Waals surface area contributed by atoms with Crippen molar-refractivity contribution in [3.63, 3.8) is 0 Å². The summed E-state index contributed by atoms with van der Waals surface area (Å²) in [5, 5.41) is 23.3. The van der Waals surface area contributed by atoms with Crippen LogP contribution < -0.4 is 0 Å². The summed E-state index contributed by atoms with van der Waals surface area (Å²) >= 11 is 2.97. The van der Waals surface area contributed by atoms with Crippen LogP contribution >= 0.6 is 22.7 Å². The van der Waals surface area contributed by atoms with Gasteiger partial charge in [0.05, 0.1) is 31.6 Å². The highest BCUT2D eigenvalue weighted by Crippen LogP contribution is 2.44. The highest BCUT2D eigenvalue weighted by atomic mass is 32.1. The maximum absolute atomic E-state index is 11.0. The summed E-state index contributed by atoms with van der Waals surface area (Å²) in [4.78, 5) is 9.56. The second-order valence-electron chi connectivity index (χ2n) is 9.02. The number of thiazole rings is 2. The third-order valence-electron chi connectivity index (χ3n) is 6.56. The molecule has 0 radical (unpaired) electrons. The number of phenols is 2. The average Bonchev–Trinajstić information content (AvgIpc) is 3.58. The Kier molecular flexibility index (Phi) is 5.43. The van der Waals surface area contributed by atoms with Crippen molar-refractivity contribution in [2.45, 2.75) is 0 Å². The highest BCUT2D eigenvalue weighted by molar-refractivity contribution is 7.22. The smallest absolute Gasteiger partial charge is 0.128 e. The molecule has 0 saturated carbocycles. The number of nitrogens with zero attached hydrogens (tertiary/aromatic N) is 2. The quantitative estimate of drug-likeness (QED) is 0.224. The predicted octanol–water partition coefficient (Wildman–Crippen LogP) is 8.99. The normalized spacial score (nSPS) is 11.4. The first-order valence-electron chi connectivity index (χ1n) is 12.1. The first kappa shape index (κ1) is 22.7. The average molecular weight is 529 g/mol. The molecule has 2 heterocycles. The van der Waals surface area contributed by atoms with E-state index in [0.717, 1.165) is 42.7 Å². The lowest BCUT2D eigenvalue weighted by molar-refractivity contribution is 0.463. The Hall–Kier alpha value is -4.52. The molecule has 0 fully saturated rings. The fourth-order valence-corrected chi connectivity index (χ4v) is 6.57. The van der Waals surface area contributed by atoms with E-state index < -0.39 is 0 Å². The summed E-state index contributed by atoms with van der Waals surface area (Å²) in [5.41, 5.74) is 7.14. The van der Waals surface area contributed by atoms with Gasteiger partial charge in [0.1, 0.15) is 21.5 Å². The van der Waals surface area contributed by atoms with Crippen LogP contribution in [0, 0.1) is 0 Å². The van der Waals surface area contributed by atoms with Crippen molar-refractivity contribution in [3.05, 3.63) is 109 Å². The van der Waals surface area contributed by atoms with E-state index in [2.05, 4.69) is 60.7 Å². The Bertz CT molecular complexity index is 1800. The Morgan fingerprint density at radius 3 is 1.29 bits per heavy atom. The van der Waals surface area contributed by atoms with Crippen LogP contribution in [0.4, 0.5) is 0 Å². The van der Waals surface area contributed by atoms with Crippen LogP contribution in [-0.4, -0.2) is 20.2 Å². The molecule has 0 bridgehead atoms. The van der Waals surface area contributed by atoms with E-state index in [1.54, 1.807) is 12.1 Å². The van der Waals surface area contributed by atoms with Gasteiger partial charge in [-0.25, -0.2) is 9.97 Å². The Labute approximate surface area is 226 Å². The van der Waals surface area contributed by atoms with Crippen molar-refractivity contribution >= 4 is 43.1 Å². The van der Waals surface area contributed by atoms with Crippen LogP contribution in [0.25, 0.3) is 63.8 Å². The van der Waals surface area contributed by atoms with Crippen molar-refractivity contribution < 1.29 is 10.2 Å². The van der Waals surface area contributed by atoms with Crippen LogP contribution in [-0.2, 0) is 0 Å². The highest BCUT2D eigenvalue weighted by Gasteiger charge is 2.18. The Morgan fingerprint density at radius 1 is 0.447 bits per heavy atom. The maximum Gasteiger partial charge on any atom is 0.128 e. The zero-order valence-corrected chi connectivity index (χ0v) is 21.6. The number of benzene rings is 5. The Morgan fingerprint density at radius 2 is 0.868 bits per heavy atom. The van der Waals surface area contributed by atoms with Crippen LogP contribution in [0.1, 0.15) is 0 Å². The molecule has 6 heteroatoms. The van der Waals surface area contributed by atoms with Crippen LogP contribution in [0.15, 0.2) is 109 Å². The number of rotatable bonds is 4. The van der Waals surface area contributed by atoms with E-state index in [1.807, 2.05) is 36.4 Å². The number of aromatic nitrogens is 2. The van der Waals surface area contributed by atoms with E-state index in [9.17, 15) is 10.2 Å². The fraction of sp³-hybridized carbons (Fsp3) is 0. The third-order valence-corrected chi connectivity index (χ3v) is 8.70. The molecule has 7 rings (SSSR count). The van der Waals surface area contributed by atoms with Crippen LogP contribution in [0.5, 0.6) is 11.5 Å².